The molecule has 0 amide bonds. The number of rotatable bonds is 4. The number of nitrogens with zero attached hydrogens (tertiary/aromatic N) is 1. The van der Waals surface area contributed by atoms with Crippen LogP contribution in [0.2, 0.25) is 0 Å². The molecule has 0 unspecified atom stereocenters. The zero-order valence-corrected chi connectivity index (χ0v) is 18.7. The van der Waals surface area contributed by atoms with Crippen molar-refractivity contribution in [3.8, 4) is 11.1 Å². The van der Waals surface area contributed by atoms with E-state index in [1.165, 1.54) is 30.3 Å². The first-order chi connectivity index (χ1) is 17.7. The maximum absolute atomic E-state index is 14.5. The van der Waals surface area contributed by atoms with Crippen molar-refractivity contribution >= 4 is 43.5 Å². The Hall–Kier alpha value is -4.31. The van der Waals surface area contributed by atoms with E-state index < -0.39 is 45.8 Å². The number of hydrogen-bond donors (Lipinski definition) is 1. The van der Waals surface area contributed by atoms with Gasteiger partial charge in [-0.3, -0.25) is 14.2 Å². The Balaban J connectivity index is 1.72. The molecule has 1 N–H and O–H groups in total. The van der Waals surface area contributed by atoms with Gasteiger partial charge in [0.05, 0.1) is 5.56 Å². The molecule has 0 fully saturated rings. The van der Waals surface area contributed by atoms with Crippen molar-refractivity contribution in [1.29, 1.82) is 0 Å². The lowest BCUT2D eigenvalue weighted by molar-refractivity contribution is 0.278. The number of aliphatic hydroxyl groups excluding tert-OH is 1. The van der Waals surface area contributed by atoms with Gasteiger partial charge < -0.3 is 9.52 Å². The van der Waals surface area contributed by atoms with E-state index in [4.69, 9.17) is 9.52 Å². The van der Waals surface area contributed by atoms with Crippen molar-refractivity contribution in [1.82, 2.24) is 4.57 Å². The zero-order chi connectivity index (χ0) is 26.2. The summed E-state index contributed by atoms with van der Waals surface area (Å²) in [6.45, 7) is -0.170. The Morgan fingerprint density at radius 3 is 1.89 bits per heavy atom. The molecule has 0 spiro atoms. The van der Waals surface area contributed by atoms with E-state index in [-0.39, 0.29) is 46.9 Å². The molecule has 6 rings (SSSR count). The van der Waals surface area contributed by atoms with Gasteiger partial charge in [0, 0.05) is 40.1 Å². The molecule has 0 bridgehead atoms. The Bertz CT molecular complexity index is 1970. The fourth-order valence-corrected chi connectivity index (χ4v) is 4.91. The summed E-state index contributed by atoms with van der Waals surface area (Å²) in [6.07, 6.45) is 0.211. The van der Waals surface area contributed by atoms with Crippen LogP contribution < -0.4 is 11.1 Å². The van der Waals surface area contributed by atoms with Gasteiger partial charge in [0.2, 0.25) is 5.82 Å². The second-order valence-electron chi connectivity index (χ2n) is 8.62. The van der Waals surface area contributed by atoms with Crippen LogP contribution in [-0.4, -0.2) is 16.3 Å². The first kappa shape index (κ1) is 23.1. The number of benzene rings is 4. The number of aromatic nitrogens is 1. The number of pyridine rings is 1. The molecular weight excluding hydrogens is 497 g/mol. The van der Waals surface area contributed by atoms with E-state index in [2.05, 4.69) is 0 Å². The minimum absolute atomic E-state index is 0.0310. The second kappa shape index (κ2) is 8.10. The maximum atomic E-state index is 14.5. The largest absolute Gasteiger partial charge is 0.456 e. The molecule has 0 radical (unpaired) electrons. The standard InChI is InChI=1S/C27H14F5NO4/c28-21-18(22(29)24(31)25(32)23(21)30)11-2-6-16-15(10-11)12-3-4-13-19-14(5-7-17(37-16)20(12)19)27(36)33(26(13)35)8-1-9-34/h2-7,10,34H,1,8-9H2. The summed E-state index contributed by atoms with van der Waals surface area (Å²) in [4.78, 5) is 26.2. The normalized spacial score (nSPS) is 12.1. The third kappa shape index (κ3) is 3.12. The SMILES string of the molecule is O=c1c2ccc3oc4ccc(-c5c(F)c(F)c(F)c(F)c5F)cc4c4ccc(c(=O)n1CCCO)c2c34. The summed E-state index contributed by atoms with van der Waals surface area (Å²) in [5.41, 5.74) is -1.87. The van der Waals surface area contributed by atoms with E-state index >= 15 is 0 Å². The van der Waals surface area contributed by atoms with Gasteiger partial charge in [-0.1, -0.05) is 12.1 Å². The fraction of sp³-hybridized carbons (Fsp3) is 0.111. The Morgan fingerprint density at radius 1 is 0.676 bits per heavy atom. The third-order valence-corrected chi connectivity index (χ3v) is 6.60. The lowest BCUT2D eigenvalue weighted by atomic mass is 9.94. The second-order valence-corrected chi connectivity index (χ2v) is 8.62. The van der Waals surface area contributed by atoms with Crippen LogP contribution in [0.1, 0.15) is 6.42 Å². The van der Waals surface area contributed by atoms with Crippen molar-refractivity contribution in [2.45, 2.75) is 13.0 Å². The number of hydrogen-bond acceptors (Lipinski definition) is 4. The van der Waals surface area contributed by atoms with Crippen molar-refractivity contribution in [2.75, 3.05) is 6.61 Å². The summed E-state index contributed by atoms with van der Waals surface area (Å²) in [7, 11) is 0. The molecule has 5 nitrogen and oxygen atoms in total. The molecule has 0 saturated heterocycles. The first-order valence-electron chi connectivity index (χ1n) is 11.2. The maximum Gasteiger partial charge on any atom is 0.261 e. The Labute approximate surface area is 202 Å². The lowest BCUT2D eigenvalue weighted by Crippen LogP contribution is -2.33. The Morgan fingerprint density at radius 2 is 1.24 bits per heavy atom. The fourth-order valence-electron chi connectivity index (χ4n) is 4.91. The van der Waals surface area contributed by atoms with E-state index in [1.807, 2.05) is 0 Å². The highest BCUT2D eigenvalue weighted by atomic mass is 19.2. The molecule has 6 aromatic rings. The van der Waals surface area contributed by atoms with Gasteiger partial charge in [-0.25, -0.2) is 22.0 Å². The quantitative estimate of drug-likeness (QED) is 0.110. The lowest BCUT2D eigenvalue weighted by Gasteiger charge is -2.14. The average molecular weight is 511 g/mol. The van der Waals surface area contributed by atoms with Crippen LogP contribution in [0.5, 0.6) is 0 Å². The van der Waals surface area contributed by atoms with E-state index in [9.17, 15) is 31.5 Å². The van der Waals surface area contributed by atoms with Crippen molar-refractivity contribution < 1.29 is 31.5 Å². The van der Waals surface area contributed by atoms with Crippen LogP contribution in [0.15, 0.2) is 56.5 Å². The highest BCUT2D eigenvalue weighted by molar-refractivity contribution is 6.26. The summed E-state index contributed by atoms with van der Waals surface area (Å²) >= 11 is 0. The minimum atomic E-state index is -2.25. The molecule has 2 heterocycles. The van der Waals surface area contributed by atoms with E-state index in [0.717, 1.165) is 4.57 Å². The van der Waals surface area contributed by atoms with Crippen molar-refractivity contribution in [2.24, 2.45) is 0 Å². The molecule has 0 atom stereocenters. The van der Waals surface area contributed by atoms with Gasteiger partial charge in [0.25, 0.3) is 11.1 Å². The minimum Gasteiger partial charge on any atom is -0.456 e. The van der Waals surface area contributed by atoms with Crippen LogP contribution in [-0.2, 0) is 6.54 Å². The van der Waals surface area contributed by atoms with Crippen LogP contribution in [0, 0.1) is 29.1 Å². The number of aliphatic hydroxyl groups is 1. The summed E-state index contributed by atoms with van der Waals surface area (Å²) in [5.74, 6) is -10.3. The molecule has 4 aromatic carbocycles. The topological polar surface area (TPSA) is 72.4 Å². The first-order valence-corrected chi connectivity index (χ1v) is 11.2. The van der Waals surface area contributed by atoms with Crippen molar-refractivity contribution in [3.05, 3.63) is 92.3 Å². The van der Waals surface area contributed by atoms with E-state index in [1.54, 1.807) is 12.1 Å². The molecule has 2 aromatic heterocycles. The number of halogens is 5. The van der Waals surface area contributed by atoms with Gasteiger partial charge in [-0.05, 0) is 47.7 Å². The van der Waals surface area contributed by atoms with Gasteiger partial charge in [0.15, 0.2) is 23.3 Å². The molecule has 0 saturated carbocycles. The molecule has 10 heteroatoms. The predicted octanol–water partition coefficient (Wildman–Crippen LogP) is 5.60. The van der Waals surface area contributed by atoms with Crippen LogP contribution in [0.25, 0.3) is 54.6 Å². The highest BCUT2D eigenvalue weighted by Gasteiger charge is 2.27. The van der Waals surface area contributed by atoms with Gasteiger partial charge in [-0.2, -0.15) is 0 Å². The average Bonchev–Trinajstić information content (AvgIpc) is 2.90. The molecule has 0 aliphatic heterocycles. The van der Waals surface area contributed by atoms with Crippen LogP contribution in [0.4, 0.5) is 22.0 Å². The molecule has 186 valence electrons. The summed E-state index contributed by atoms with van der Waals surface area (Å²) < 4.78 is 77.3. The zero-order valence-electron chi connectivity index (χ0n) is 18.7. The Kier molecular flexibility index (Phi) is 5.06. The predicted molar refractivity (Wildman–Crippen MR) is 127 cm³/mol. The van der Waals surface area contributed by atoms with Gasteiger partial charge >= 0.3 is 0 Å². The van der Waals surface area contributed by atoms with Crippen LogP contribution >= 0.6 is 0 Å². The van der Waals surface area contributed by atoms with Gasteiger partial charge in [-0.15, -0.1) is 0 Å². The van der Waals surface area contributed by atoms with E-state index in [0.29, 0.717) is 21.7 Å². The smallest absolute Gasteiger partial charge is 0.261 e. The third-order valence-electron chi connectivity index (χ3n) is 6.60. The molecule has 0 aliphatic rings. The van der Waals surface area contributed by atoms with Crippen molar-refractivity contribution in [3.63, 3.8) is 0 Å². The summed E-state index contributed by atoms with van der Waals surface area (Å²) in [5, 5.41) is 11.1. The summed E-state index contributed by atoms with van der Waals surface area (Å²) in [6, 6.07) is 9.93. The number of fused-ring (bicyclic) bond motifs is 2. The van der Waals surface area contributed by atoms with Gasteiger partial charge in [0.1, 0.15) is 11.2 Å². The molecule has 0 aliphatic carbocycles. The molecule has 37 heavy (non-hydrogen) atoms. The monoisotopic (exact) mass is 511 g/mol. The highest BCUT2D eigenvalue weighted by Crippen LogP contribution is 2.39. The van der Waals surface area contributed by atoms with Crippen LogP contribution in [0.3, 0.4) is 0 Å². The molecular formula is C27H14F5NO4.